The van der Waals surface area contributed by atoms with E-state index in [1.165, 1.54) is 25.7 Å². The van der Waals surface area contributed by atoms with Crippen LogP contribution >= 0.6 is 0 Å². The molecule has 2 aliphatic rings. The fourth-order valence-corrected chi connectivity index (χ4v) is 4.05. The Bertz CT molecular complexity index is 528. The van der Waals surface area contributed by atoms with E-state index >= 15 is 0 Å². The molecule has 1 aromatic rings. The molecule has 1 saturated carbocycles. The topological polar surface area (TPSA) is 72.1 Å². The van der Waals surface area contributed by atoms with Gasteiger partial charge in [-0.2, -0.15) is 0 Å². The van der Waals surface area contributed by atoms with Crippen molar-refractivity contribution in [2.24, 2.45) is 11.8 Å². The number of aromatic nitrogens is 2. The Morgan fingerprint density at radius 2 is 1.87 bits per heavy atom. The van der Waals surface area contributed by atoms with E-state index in [1.54, 1.807) is 12.4 Å². The number of carbonyl (C=O) groups excluding carboxylic acids is 1. The van der Waals surface area contributed by atoms with Gasteiger partial charge in [-0.05, 0) is 37.5 Å². The molecule has 1 aliphatic carbocycles. The summed E-state index contributed by atoms with van der Waals surface area (Å²) in [5.74, 6) is 2.11. The van der Waals surface area contributed by atoms with Crippen molar-refractivity contribution in [2.45, 2.75) is 57.8 Å². The minimum absolute atomic E-state index is 0.341. The SMILES string of the molecule is Nc1nccnc1CC1CCCN(C(=O)CCC2CCCC2)C1. The molecule has 2 heterocycles. The first-order valence-corrected chi connectivity index (χ1v) is 9.05. The second kappa shape index (κ2) is 7.75. The lowest BCUT2D eigenvalue weighted by Crippen LogP contribution is -2.40. The summed E-state index contributed by atoms with van der Waals surface area (Å²) < 4.78 is 0. The second-order valence-corrected chi connectivity index (χ2v) is 7.13. The van der Waals surface area contributed by atoms with Crippen molar-refractivity contribution in [3.63, 3.8) is 0 Å². The molecule has 2 N–H and O–H groups in total. The molecule has 1 unspecified atom stereocenters. The van der Waals surface area contributed by atoms with Gasteiger partial charge in [0.2, 0.25) is 5.91 Å². The number of nitrogens with two attached hydrogens (primary N) is 1. The first-order valence-electron chi connectivity index (χ1n) is 9.05. The summed E-state index contributed by atoms with van der Waals surface area (Å²) in [6.07, 6.45) is 13.5. The minimum atomic E-state index is 0.341. The Kier molecular flexibility index (Phi) is 5.47. The molecule has 0 bridgehead atoms. The van der Waals surface area contributed by atoms with E-state index in [1.807, 2.05) is 0 Å². The standard InChI is InChI=1S/C18H28N4O/c19-18-16(20-9-10-21-18)12-15-6-3-11-22(13-15)17(23)8-7-14-4-1-2-5-14/h9-10,14-15H,1-8,11-13H2,(H2,19,21). The van der Waals surface area contributed by atoms with Crippen LogP contribution in [0.15, 0.2) is 12.4 Å². The number of rotatable bonds is 5. The molecular formula is C18H28N4O. The van der Waals surface area contributed by atoms with Crippen LogP contribution in [0.3, 0.4) is 0 Å². The van der Waals surface area contributed by atoms with Crippen molar-refractivity contribution in [3.8, 4) is 0 Å². The molecule has 3 rings (SSSR count). The van der Waals surface area contributed by atoms with Crippen molar-refractivity contribution in [3.05, 3.63) is 18.1 Å². The zero-order valence-electron chi connectivity index (χ0n) is 13.9. The van der Waals surface area contributed by atoms with Crippen molar-refractivity contribution >= 4 is 11.7 Å². The Hall–Kier alpha value is -1.65. The quantitative estimate of drug-likeness (QED) is 0.906. The maximum absolute atomic E-state index is 12.5. The number of piperidine rings is 1. The molecule has 5 nitrogen and oxygen atoms in total. The van der Waals surface area contributed by atoms with Gasteiger partial charge in [-0.1, -0.05) is 25.7 Å². The third-order valence-electron chi connectivity index (χ3n) is 5.40. The lowest BCUT2D eigenvalue weighted by atomic mass is 9.92. The lowest BCUT2D eigenvalue weighted by Gasteiger charge is -2.33. The molecule has 1 saturated heterocycles. The summed E-state index contributed by atoms with van der Waals surface area (Å²) in [4.78, 5) is 23.0. The third-order valence-corrected chi connectivity index (χ3v) is 5.40. The third kappa shape index (κ3) is 4.43. The van der Waals surface area contributed by atoms with Crippen LogP contribution in [0.1, 0.15) is 57.1 Å². The van der Waals surface area contributed by atoms with E-state index in [4.69, 9.17) is 5.73 Å². The number of anilines is 1. The second-order valence-electron chi connectivity index (χ2n) is 7.13. The van der Waals surface area contributed by atoms with Gasteiger partial charge in [-0.25, -0.2) is 4.98 Å². The van der Waals surface area contributed by atoms with Gasteiger partial charge in [-0.15, -0.1) is 0 Å². The van der Waals surface area contributed by atoms with E-state index < -0.39 is 0 Å². The zero-order valence-corrected chi connectivity index (χ0v) is 13.9. The highest BCUT2D eigenvalue weighted by Gasteiger charge is 2.25. The van der Waals surface area contributed by atoms with Gasteiger partial charge in [0.15, 0.2) is 0 Å². The summed E-state index contributed by atoms with van der Waals surface area (Å²) in [5, 5.41) is 0. The first-order chi connectivity index (χ1) is 11.2. The maximum Gasteiger partial charge on any atom is 0.222 e. The van der Waals surface area contributed by atoms with Gasteiger partial charge >= 0.3 is 0 Å². The molecule has 2 fully saturated rings. The predicted molar refractivity (Wildman–Crippen MR) is 90.6 cm³/mol. The smallest absolute Gasteiger partial charge is 0.222 e. The largest absolute Gasteiger partial charge is 0.382 e. The average molecular weight is 316 g/mol. The van der Waals surface area contributed by atoms with Crippen LogP contribution in [-0.2, 0) is 11.2 Å². The molecular weight excluding hydrogens is 288 g/mol. The van der Waals surface area contributed by atoms with Crippen molar-refractivity contribution in [2.75, 3.05) is 18.8 Å². The van der Waals surface area contributed by atoms with Gasteiger partial charge in [0.1, 0.15) is 5.82 Å². The van der Waals surface area contributed by atoms with E-state index in [9.17, 15) is 4.79 Å². The fourth-order valence-electron chi connectivity index (χ4n) is 4.05. The monoisotopic (exact) mass is 316 g/mol. The first kappa shape index (κ1) is 16.2. The van der Waals surface area contributed by atoms with Crippen LogP contribution in [0.2, 0.25) is 0 Å². The number of hydrogen-bond donors (Lipinski definition) is 1. The highest BCUT2D eigenvalue weighted by molar-refractivity contribution is 5.76. The fraction of sp³-hybridized carbons (Fsp3) is 0.722. The highest BCUT2D eigenvalue weighted by atomic mass is 16.2. The van der Waals surface area contributed by atoms with Crippen molar-refractivity contribution < 1.29 is 4.79 Å². The summed E-state index contributed by atoms with van der Waals surface area (Å²) in [6.45, 7) is 1.76. The van der Waals surface area contributed by atoms with Crippen LogP contribution < -0.4 is 5.73 Å². The normalized spacial score (nSPS) is 22.4. The van der Waals surface area contributed by atoms with Crippen LogP contribution in [0.5, 0.6) is 0 Å². The summed E-state index contributed by atoms with van der Waals surface area (Å²) in [7, 11) is 0. The van der Waals surface area contributed by atoms with Gasteiger partial charge in [-0.3, -0.25) is 9.78 Å². The molecule has 1 amide bonds. The molecule has 0 radical (unpaired) electrons. The van der Waals surface area contributed by atoms with Gasteiger partial charge in [0.25, 0.3) is 0 Å². The highest BCUT2D eigenvalue weighted by Crippen LogP contribution is 2.29. The molecule has 0 aromatic carbocycles. The Labute approximate surface area is 138 Å². The predicted octanol–water partition coefficient (Wildman–Crippen LogP) is 2.81. The maximum atomic E-state index is 12.5. The number of amides is 1. The average Bonchev–Trinajstić information content (AvgIpc) is 3.08. The number of hydrogen-bond acceptors (Lipinski definition) is 4. The van der Waals surface area contributed by atoms with Crippen LogP contribution in [0.4, 0.5) is 5.82 Å². The Morgan fingerprint density at radius 3 is 2.65 bits per heavy atom. The Balaban J connectivity index is 1.49. The van der Waals surface area contributed by atoms with E-state index in [0.717, 1.165) is 56.8 Å². The number of nitrogens with zero attached hydrogens (tertiary/aromatic N) is 3. The molecule has 126 valence electrons. The van der Waals surface area contributed by atoms with Gasteiger partial charge < -0.3 is 10.6 Å². The van der Waals surface area contributed by atoms with Crippen LogP contribution in [-0.4, -0.2) is 33.9 Å². The van der Waals surface area contributed by atoms with Crippen molar-refractivity contribution in [1.82, 2.24) is 14.9 Å². The van der Waals surface area contributed by atoms with E-state index in [2.05, 4.69) is 14.9 Å². The molecule has 0 spiro atoms. The van der Waals surface area contributed by atoms with E-state index in [-0.39, 0.29) is 0 Å². The minimum Gasteiger partial charge on any atom is -0.382 e. The van der Waals surface area contributed by atoms with E-state index in [0.29, 0.717) is 17.6 Å². The van der Waals surface area contributed by atoms with Crippen LogP contribution in [0, 0.1) is 11.8 Å². The van der Waals surface area contributed by atoms with Gasteiger partial charge in [0.05, 0.1) is 5.69 Å². The number of likely N-dealkylation sites (tertiary alicyclic amines) is 1. The van der Waals surface area contributed by atoms with Crippen molar-refractivity contribution in [1.29, 1.82) is 0 Å². The summed E-state index contributed by atoms with van der Waals surface area (Å²) in [5.41, 5.74) is 6.77. The number of nitrogen functional groups attached to an aromatic ring is 1. The molecule has 1 atom stereocenters. The summed E-state index contributed by atoms with van der Waals surface area (Å²) >= 11 is 0. The van der Waals surface area contributed by atoms with Gasteiger partial charge in [0, 0.05) is 31.9 Å². The Morgan fingerprint density at radius 1 is 1.13 bits per heavy atom. The number of carbonyl (C=O) groups is 1. The summed E-state index contributed by atoms with van der Waals surface area (Å²) in [6, 6.07) is 0. The lowest BCUT2D eigenvalue weighted by molar-refractivity contribution is -0.133. The molecule has 1 aliphatic heterocycles. The van der Waals surface area contributed by atoms with Crippen LogP contribution in [0.25, 0.3) is 0 Å². The molecule has 1 aromatic heterocycles. The molecule has 23 heavy (non-hydrogen) atoms. The zero-order chi connectivity index (χ0) is 16.1. The molecule has 5 heteroatoms.